The lowest BCUT2D eigenvalue weighted by Crippen LogP contribution is -2.14. The third-order valence-electron chi connectivity index (χ3n) is 3.19. The summed E-state index contributed by atoms with van der Waals surface area (Å²) >= 11 is 5.84. The van der Waals surface area contributed by atoms with E-state index in [9.17, 15) is 22.8 Å². The first-order valence-electron chi connectivity index (χ1n) is 7.38. The van der Waals surface area contributed by atoms with E-state index in [1.807, 2.05) is 0 Å². The van der Waals surface area contributed by atoms with Crippen molar-refractivity contribution in [2.75, 3.05) is 10.6 Å². The molecule has 0 heterocycles. The van der Waals surface area contributed by atoms with Crippen LogP contribution in [0, 0.1) is 0 Å². The number of anilines is 2. The number of halogens is 4. The van der Waals surface area contributed by atoms with Crippen molar-refractivity contribution in [2.45, 2.75) is 13.1 Å². The second-order valence-corrected chi connectivity index (χ2v) is 5.75. The normalized spacial score (nSPS) is 11.4. The molecule has 8 heteroatoms. The standard InChI is InChI=1S/C18H14ClF3N2O2/c1-11(25)23-15-7-6-13(18(20,21)22)10-16(15)24-17(26)8-5-12-3-2-4-14(19)9-12/h2-10H,1H3,(H,23,25)(H,24,26)/b8-5+. The molecule has 0 spiro atoms. The zero-order valence-electron chi connectivity index (χ0n) is 13.5. The zero-order chi connectivity index (χ0) is 19.3. The van der Waals surface area contributed by atoms with Gasteiger partial charge in [-0.2, -0.15) is 13.2 Å². The van der Waals surface area contributed by atoms with Crippen molar-refractivity contribution in [3.05, 3.63) is 64.7 Å². The Morgan fingerprint density at radius 1 is 1.04 bits per heavy atom. The van der Waals surface area contributed by atoms with Crippen LogP contribution in [0.2, 0.25) is 5.02 Å². The Balaban J connectivity index is 2.24. The monoisotopic (exact) mass is 382 g/mol. The van der Waals surface area contributed by atoms with E-state index in [2.05, 4.69) is 10.6 Å². The molecule has 2 amide bonds. The highest BCUT2D eigenvalue weighted by Gasteiger charge is 2.31. The molecule has 0 aliphatic carbocycles. The lowest BCUT2D eigenvalue weighted by molar-refractivity contribution is -0.137. The minimum absolute atomic E-state index is 0.0648. The highest BCUT2D eigenvalue weighted by molar-refractivity contribution is 6.30. The van der Waals surface area contributed by atoms with Crippen LogP contribution in [-0.2, 0) is 15.8 Å². The molecule has 136 valence electrons. The molecule has 2 rings (SSSR count). The maximum absolute atomic E-state index is 12.9. The van der Waals surface area contributed by atoms with Gasteiger partial charge in [0.25, 0.3) is 0 Å². The van der Waals surface area contributed by atoms with Crippen LogP contribution in [0.3, 0.4) is 0 Å². The Morgan fingerprint density at radius 3 is 2.38 bits per heavy atom. The molecule has 0 fully saturated rings. The van der Waals surface area contributed by atoms with Gasteiger partial charge in [0.1, 0.15) is 0 Å². The van der Waals surface area contributed by atoms with Crippen LogP contribution in [0.5, 0.6) is 0 Å². The van der Waals surface area contributed by atoms with E-state index in [0.717, 1.165) is 24.3 Å². The minimum atomic E-state index is -4.58. The summed E-state index contributed by atoms with van der Waals surface area (Å²) < 4.78 is 38.6. The fraction of sp³-hybridized carbons (Fsp3) is 0.111. The number of amides is 2. The molecule has 0 radical (unpaired) electrons. The molecule has 2 aromatic carbocycles. The van der Waals surface area contributed by atoms with Crippen LogP contribution in [0.1, 0.15) is 18.1 Å². The van der Waals surface area contributed by atoms with E-state index in [-0.39, 0.29) is 11.4 Å². The summed E-state index contributed by atoms with van der Waals surface area (Å²) in [5.41, 5.74) is -0.384. The lowest BCUT2D eigenvalue weighted by Gasteiger charge is -2.14. The molecular weight excluding hydrogens is 369 g/mol. The first-order valence-corrected chi connectivity index (χ1v) is 7.76. The lowest BCUT2D eigenvalue weighted by atomic mass is 10.1. The minimum Gasteiger partial charge on any atom is -0.325 e. The first kappa shape index (κ1) is 19.5. The van der Waals surface area contributed by atoms with Gasteiger partial charge in [0, 0.05) is 18.0 Å². The molecule has 0 unspecified atom stereocenters. The first-order chi connectivity index (χ1) is 12.1. The fourth-order valence-electron chi connectivity index (χ4n) is 2.08. The molecule has 4 nitrogen and oxygen atoms in total. The fourth-order valence-corrected chi connectivity index (χ4v) is 2.28. The average Bonchev–Trinajstić information content (AvgIpc) is 2.53. The van der Waals surface area contributed by atoms with Gasteiger partial charge in [-0.1, -0.05) is 23.7 Å². The van der Waals surface area contributed by atoms with Crippen molar-refractivity contribution in [3.63, 3.8) is 0 Å². The Bertz CT molecular complexity index is 864. The van der Waals surface area contributed by atoms with Gasteiger partial charge in [-0.25, -0.2) is 0 Å². The number of carbonyl (C=O) groups excluding carboxylic acids is 2. The van der Waals surface area contributed by atoms with Crippen LogP contribution in [-0.4, -0.2) is 11.8 Å². The Kier molecular flexibility index (Phi) is 6.05. The van der Waals surface area contributed by atoms with E-state index in [1.54, 1.807) is 24.3 Å². The summed E-state index contributed by atoms with van der Waals surface area (Å²) in [7, 11) is 0. The number of carbonyl (C=O) groups is 2. The van der Waals surface area contributed by atoms with E-state index in [1.165, 1.54) is 13.0 Å². The molecule has 0 aliphatic heterocycles. The maximum Gasteiger partial charge on any atom is 0.416 e. The van der Waals surface area contributed by atoms with Crippen molar-refractivity contribution in [3.8, 4) is 0 Å². The van der Waals surface area contributed by atoms with Gasteiger partial charge >= 0.3 is 6.18 Å². The summed E-state index contributed by atoms with van der Waals surface area (Å²) in [6.45, 7) is 1.21. The summed E-state index contributed by atoms with van der Waals surface area (Å²) in [5.74, 6) is -1.13. The Hall–Kier alpha value is -2.80. The van der Waals surface area contributed by atoms with E-state index in [0.29, 0.717) is 10.6 Å². The topological polar surface area (TPSA) is 58.2 Å². The largest absolute Gasteiger partial charge is 0.416 e. The Morgan fingerprint density at radius 2 is 1.77 bits per heavy atom. The van der Waals surface area contributed by atoms with Crippen molar-refractivity contribution in [1.29, 1.82) is 0 Å². The summed E-state index contributed by atoms with van der Waals surface area (Å²) in [6, 6.07) is 9.36. The highest BCUT2D eigenvalue weighted by atomic mass is 35.5. The van der Waals surface area contributed by atoms with Crippen molar-refractivity contribution in [1.82, 2.24) is 0 Å². The smallest absolute Gasteiger partial charge is 0.325 e. The van der Waals surface area contributed by atoms with Gasteiger partial charge in [0.05, 0.1) is 16.9 Å². The molecule has 0 saturated heterocycles. The van der Waals surface area contributed by atoms with Gasteiger partial charge in [-0.3, -0.25) is 9.59 Å². The van der Waals surface area contributed by atoms with Crippen LogP contribution in [0.15, 0.2) is 48.5 Å². The number of rotatable bonds is 4. The average molecular weight is 383 g/mol. The third kappa shape index (κ3) is 5.63. The molecule has 2 aromatic rings. The third-order valence-corrected chi connectivity index (χ3v) is 3.43. The van der Waals surface area contributed by atoms with Crippen LogP contribution < -0.4 is 10.6 Å². The molecule has 26 heavy (non-hydrogen) atoms. The summed E-state index contributed by atoms with van der Waals surface area (Å²) in [6.07, 6.45) is -1.96. The molecule has 0 saturated carbocycles. The summed E-state index contributed by atoms with van der Waals surface area (Å²) in [5, 5.41) is 5.20. The SMILES string of the molecule is CC(=O)Nc1ccc(C(F)(F)F)cc1NC(=O)/C=C/c1cccc(Cl)c1. The van der Waals surface area contributed by atoms with Crippen LogP contribution in [0.25, 0.3) is 6.08 Å². The van der Waals surface area contributed by atoms with E-state index >= 15 is 0 Å². The van der Waals surface area contributed by atoms with Gasteiger partial charge < -0.3 is 10.6 Å². The van der Waals surface area contributed by atoms with Gasteiger partial charge in [0.2, 0.25) is 11.8 Å². The van der Waals surface area contributed by atoms with Gasteiger partial charge in [0.15, 0.2) is 0 Å². The summed E-state index contributed by atoms with van der Waals surface area (Å²) in [4.78, 5) is 23.2. The Labute approximate surface area is 152 Å². The number of hydrogen-bond donors (Lipinski definition) is 2. The zero-order valence-corrected chi connectivity index (χ0v) is 14.3. The van der Waals surface area contributed by atoms with Crippen LogP contribution in [0.4, 0.5) is 24.5 Å². The highest BCUT2D eigenvalue weighted by Crippen LogP contribution is 2.34. The van der Waals surface area contributed by atoms with Crippen molar-refractivity contribution < 1.29 is 22.8 Å². The number of alkyl halides is 3. The van der Waals surface area contributed by atoms with Gasteiger partial charge in [-0.15, -0.1) is 0 Å². The number of benzene rings is 2. The van der Waals surface area contributed by atoms with E-state index < -0.39 is 23.6 Å². The van der Waals surface area contributed by atoms with Gasteiger partial charge in [-0.05, 0) is 42.0 Å². The predicted octanol–water partition coefficient (Wildman–Crippen LogP) is 4.97. The van der Waals surface area contributed by atoms with E-state index in [4.69, 9.17) is 11.6 Å². The van der Waals surface area contributed by atoms with Crippen molar-refractivity contribution in [2.24, 2.45) is 0 Å². The molecular formula is C18H14ClF3N2O2. The van der Waals surface area contributed by atoms with Crippen molar-refractivity contribution >= 4 is 40.9 Å². The molecule has 0 atom stereocenters. The molecule has 0 aromatic heterocycles. The quantitative estimate of drug-likeness (QED) is 0.733. The number of nitrogens with one attached hydrogen (secondary N) is 2. The predicted molar refractivity (Wildman–Crippen MR) is 94.9 cm³/mol. The number of hydrogen-bond acceptors (Lipinski definition) is 2. The molecule has 0 aliphatic rings. The molecule has 0 bridgehead atoms. The second-order valence-electron chi connectivity index (χ2n) is 5.32. The second kappa shape index (κ2) is 8.05. The molecule has 2 N–H and O–H groups in total. The van der Waals surface area contributed by atoms with Crippen LogP contribution >= 0.6 is 11.6 Å². The maximum atomic E-state index is 12.9.